The molecule has 0 aromatic heterocycles. The molecule has 0 bridgehead atoms. The van der Waals surface area contributed by atoms with E-state index in [1.54, 1.807) is 52.8 Å². The normalized spacial score (nSPS) is 22.9. The molecule has 4 atom stereocenters. The Bertz CT molecular complexity index is 1500. The molecule has 0 amide bonds. The van der Waals surface area contributed by atoms with Crippen LogP contribution >= 0.6 is 0 Å². The maximum Gasteiger partial charge on any atom is 0.334 e. The van der Waals surface area contributed by atoms with Crippen molar-refractivity contribution in [1.29, 1.82) is 0 Å². The minimum atomic E-state index is -1.89. The summed E-state index contributed by atoms with van der Waals surface area (Å²) in [6, 6.07) is 3.16. The summed E-state index contributed by atoms with van der Waals surface area (Å²) >= 11 is 0. The zero-order chi connectivity index (χ0) is 31.8. The molecule has 232 valence electrons. The van der Waals surface area contributed by atoms with Gasteiger partial charge < -0.3 is 43.4 Å². The van der Waals surface area contributed by atoms with Crippen molar-refractivity contribution >= 4 is 11.9 Å². The number of hydrogen-bond donors (Lipinski definition) is 2. The molecule has 2 aliphatic rings. The lowest BCUT2D eigenvalue weighted by Gasteiger charge is -2.43. The smallest absolute Gasteiger partial charge is 0.334 e. The van der Waals surface area contributed by atoms with Gasteiger partial charge in [-0.3, -0.25) is 0 Å². The molecule has 4 rings (SSSR count). The molecule has 11 nitrogen and oxygen atoms in total. The number of ether oxygens (including phenoxy) is 7. The number of aliphatic hydroxyl groups is 1. The number of rotatable bonds is 7. The molecular formula is C32H38O11. The number of carbonyl (C=O) groups is 2. The lowest BCUT2D eigenvalue weighted by atomic mass is 9.71. The van der Waals surface area contributed by atoms with Gasteiger partial charge in [-0.1, -0.05) is 19.1 Å². The third-order valence-corrected chi connectivity index (χ3v) is 8.24. The fourth-order valence-electron chi connectivity index (χ4n) is 5.29. The van der Waals surface area contributed by atoms with Crippen molar-refractivity contribution in [1.82, 2.24) is 0 Å². The summed E-state index contributed by atoms with van der Waals surface area (Å²) < 4.78 is 40.5. The van der Waals surface area contributed by atoms with Crippen molar-refractivity contribution in [2.75, 3.05) is 28.1 Å². The Morgan fingerprint density at radius 1 is 0.907 bits per heavy atom. The Morgan fingerprint density at radius 3 is 2.07 bits per heavy atom. The predicted molar refractivity (Wildman–Crippen MR) is 156 cm³/mol. The number of carbonyl (C=O) groups excluding carboxylic acids is 2. The maximum atomic E-state index is 13.2. The van der Waals surface area contributed by atoms with E-state index in [2.05, 4.69) is 0 Å². The molecule has 2 aromatic carbocycles. The van der Waals surface area contributed by atoms with E-state index in [9.17, 15) is 19.8 Å². The Labute approximate surface area is 250 Å². The standard InChI is InChI=1S/C32H38O11/c1-10-15(3)30(34)42-25-17(5)32(6,36)29(43-31(35)16(4)11-2)19-13-20(37-7)26(38-8)24(33)22(19)23-18(25)12-21-27(28(23)39-9)41-14-40-21/h10-13,17,25,29,33,36H,14H2,1-9H3/b15-10+,16-11+/t17-,25+,29-,32-/m0/s1. The number of aromatic hydroxyl groups is 1. The van der Waals surface area contributed by atoms with Crippen molar-refractivity contribution in [2.45, 2.75) is 59.4 Å². The van der Waals surface area contributed by atoms with Gasteiger partial charge in [-0.2, -0.15) is 0 Å². The molecule has 1 aliphatic heterocycles. The number of phenolic OH excluding ortho intramolecular Hbond substituents is 1. The van der Waals surface area contributed by atoms with E-state index in [1.165, 1.54) is 34.3 Å². The van der Waals surface area contributed by atoms with Crippen LogP contribution in [0.3, 0.4) is 0 Å². The maximum absolute atomic E-state index is 13.2. The van der Waals surface area contributed by atoms with Gasteiger partial charge in [0.15, 0.2) is 29.1 Å². The van der Waals surface area contributed by atoms with Gasteiger partial charge in [0, 0.05) is 39.3 Å². The first-order valence-corrected chi connectivity index (χ1v) is 13.8. The van der Waals surface area contributed by atoms with Crippen LogP contribution in [0.15, 0.2) is 35.4 Å². The van der Waals surface area contributed by atoms with Crippen LogP contribution in [-0.2, 0) is 19.1 Å². The third-order valence-electron chi connectivity index (χ3n) is 8.24. The van der Waals surface area contributed by atoms with E-state index in [0.29, 0.717) is 22.5 Å². The molecule has 2 N–H and O–H groups in total. The Hall–Kier alpha value is -4.38. The molecular weight excluding hydrogens is 560 g/mol. The molecule has 11 heteroatoms. The van der Waals surface area contributed by atoms with Gasteiger partial charge in [0.05, 0.1) is 21.3 Å². The zero-order valence-electron chi connectivity index (χ0n) is 25.8. The summed E-state index contributed by atoms with van der Waals surface area (Å²) in [6.07, 6.45) is 0.635. The second kappa shape index (κ2) is 12.1. The van der Waals surface area contributed by atoms with Crippen LogP contribution in [0.4, 0.5) is 0 Å². The SMILES string of the molecule is C/C=C(\C)C(=O)O[C@H]1c2cc3c(c(OC)c2-c2c(cc(OC)c(OC)c2O)[C@H](OC(=O)/C(C)=C/C)[C@@](C)(O)[C@H]1C)OCO3. The van der Waals surface area contributed by atoms with Crippen LogP contribution in [0.5, 0.6) is 34.5 Å². The summed E-state index contributed by atoms with van der Waals surface area (Å²) in [5, 5.41) is 24.2. The number of hydrogen-bond acceptors (Lipinski definition) is 11. The first-order valence-electron chi connectivity index (χ1n) is 13.8. The number of benzene rings is 2. The van der Waals surface area contributed by atoms with Crippen LogP contribution in [-0.4, -0.2) is 55.9 Å². The predicted octanol–water partition coefficient (Wildman–Crippen LogP) is 5.32. The van der Waals surface area contributed by atoms with Crippen LogP contribution in [0, 0.1) is 5.92 Å². The highest BCUT2D eigenvalue weighted by molar-refractivity contribution is 5.92. The molecule has 0 radical (unpaired) electrons. The Morgan fingerprint density at radius 2 is 1.51 bits per heavy atom. The summed E-state index contributed by atoms with van der Waals surface area (Å²) in [5.74, 6) is -1.77. The largest absolute Gasteiger partial charge is 0.504 e. The highest BCUT2D eigenvalue weighted by Gasteiger charge is 2.51. The molecule has 43 heavy (non-hydrogen) atoms. The molecule has 0 saturated heterocycles. The summed E-state index contributed by atoms with van der Waals surface area (Å²) in [5.41, 5.74) is -0.353. The molecule has 0 spiro atoms. The van der Waals surface area contributed by atoms with E-state index in [1.807, 2.05) is 0 Å². The van der Waals surface area contributed by atoms with E-state index < -0.39 is 35.7 Å². The van der Waals surface area contributed by atoms with Gasteiger partial charge in [0.1, 0.15) is 11.7 Å². The van der Waals surface area contributed by atoms with Gasteiger partial charge in [-0.25, -0.2) is 9.59 Å². The second-order valence-corrected chi connectivity index (χ2v) is 10.6. The van der Waals surface area contributed by atoms with Crippen LogP contribution < -0.4 is 23.7 Å². The van der Waals surface area contributed by atoms with Crippen LogP contribution in [0.2, 0.25) is 0 Å². The topological polar surface area (TPSA) is 139 Å². The van der Waals surface area contributed by atoms with Crippen molar-refractivity contribution in [2.24, 2.45) is 5.92 Å². The van der Waals surface area contributed by atoms with Crippen molar-refractivity contribution in [3.8, 4) is 45.6 Å². The summed E-state index contributed by atoms with van der Waals surface area (Å²) in [4.78, 5) is 26.5. The van der Waals surface area contributed by atoms with Crippen molar-refractivity contribution < 1.29 is 53.0 Å². The van der Waals surface area contributed by atoms with Gasteiger partial charge >= 0.3 is 11.9 Å². The number of allylic oxidation sites excluding steroid dienone is 2. The van der Waals surface area contributed by atoms with Crippen LogP contribution in [0.25, 0.3) is 11.1 Å². The van der Waals surface area contributed by atoms with Crippen molar-refractivity contribution in [3.05, 3.63) is 46.6 Å². The molecule has 2 aromatic rings. The molecule has 1 heterocycles. The number of esters is 2. The number of methoxy groups -OCH3 is 3. The zero-order valence-corrected chi connectivity index (χ0v) is 25.8. The van der Waals surface area contributed by atoms with Gasteiger partial charge in [-0.05, 0) is 46.8 Å². The lowest BCUT2D eigenvalue weighted by Crippen LogP contribution is -2.46. The van der Waals surface area contributed by atoms with Gasteiger partial charge in [0.25, 0.3) is 0 Å². The molecule has 0 saturated carbocycles. The second-order valence-electron chi connectivity index (χ2n) is 10.6. The first kappa shape index (κ1) is 31.6. The number of fused-ring (bicyclic) bond motifs is 4. The minimum absolute atomic E-state index is 0.0202. The van der Waals surface area contributed by atoms with E-state index in [0.717, 1.165) is 0 Å². The highest BCUT2D eigenvalue weighted by atomic mass is 16.7. The fraction of sp³-hybridized carbons (Fsp3) is 0.438. The van der Waals surface area contributed by atoms with Gasteiger partial charge in [0.2, 0.25) is 18.3 Å². The van der Waals surface area contributed by atoms with E-state index in [-0.39, 0.29) is 52.2 Å². The molecule has 1 aliphatic carbocycles. The lowest BCUT2D eigenvalue weighted by molar-refractivity contribution is -0.181. The van der Waals surface area contributed by atoms with Gasteiger partial charge in [-0.15, -0.1) is 0 Å². The first-order chi connectivity index (χ1) is 20.4. The van der Waals surface area contributed by atoms with E-state index >= 15 is 0 Å². The quantitative estimate of drug-likeness (QED) is 0.316. The molecule has 0 fully saturated rings. The summed E-state index contributed by atoms with van der Waals surface area (Å²) in [7, 11) is 4.18. The van der Waals surface area contributed by atoms with Crippen LogP contribution in [0.1, 0.15) is 64.9 Å². The van der Waals surface area contributed by atoms with E-state index in [4.69, 9.17) is 33.2 Å². The third kappa shape index (κ3) is 5.22. The fourth-order valence-corrected chi connectivity index (χ4v) is 5.29. The molecule has 0 unspecified atom stereocenters. The minimum Gasteiger partial charge on any atom is -0.504 e. The average molecular weight is 599 g/mol. The average Bonchev–Trinajstić information content (AvgIpc) is 3.47. The number of phenols is 1. The monoisotopic (exact) mass is 598 g/mol. The Kier molecular flexibility index (Phi) is 8.87. The summed E-state index contributed by atoms with van der Waals surface area (Å²) in [6.45, 7) is 9.65. The van der Waals surface area contributed by atoms with Crippen molar-refractivity contribution in [3.63, 3.8) is 0 Å². The Balaban J connectivity index is 2.21. The highest BCUT2D eigenvalue weighted by Crippen LogP contribution is 2.61.